The monoisotopic (exact) mass is 429 g/mol. The van der Waals surface area contributed by atoms with Gasteiger partial charge in [0.1, 0.15) is 18.0 Å². The Labute approximate surface area is 176 Å². The van der Waals surface area contributed by atoms with Crippen molar-refractivity contribution in [1.82, 2.24) is 0 Å². The maximum Gasteiger partial charge on any atom is 0.416 e. The molecular weight excluding hydrogens is 411 g/mol. The Morgan fingerprint density at radius 1 is 1.10 bits per heavy atom. The molecular formula is C22H18F3N3O3. The molecule has 0 radical (unpaired) electrons. The van der Waals surface area contributed by atoms with Crippen LogP contribution in [-0.2, 0) is 12.8 Å². The minimum absolute atomic E-state index is 0.160. The predicted octanol–water partition coefficient (Wildman–Crippen LogP) is 5.95. The standard InChI is InChI=1S/C22H18F3N3O3/c1-15-6-8-16(9-7-15)14-31-21-5-3-2-4-17(21)13-26-27-19-11-10-18(22(23,24)25)12-20(19)28(29)30/h2-13,27H,14H2,1H3/b26-13-. The van der Waals surface area contributed by atoms with Crippen molar-refractivity contribution >= 4 is 17.6 Å². The Hall–Kier alpha value is -3.88. The topological polar surface area (TPSA) is 76.8 Å². The molecule has 9 heteroatoms. The quantitative estimate of drug-likeness (QED) is 0.286. The summed E-state index contributed by atoms with van der Waals surface area (Å²) in [5.41, 5.74) is 3.16. The Balaban J connectivity index is 1.74. The van der Waals surface area contributed by atoms with Crippen LogP contribution in [0.1, 0.15) is 22.3 Å². The van der Waals surface area contributed by atoms with Crippen LogP contribution >= 0.6 is 0 Å². The van der Waals surface area contributed by atoms with Crippen molar-refractivity contribution in [3.8, 4) is 5.75 Å². The van der Waals surface area contributed by atoms with E-state index in [1.807, 2.05) is 31.2 Å². The van der Waals surface area contributed by atoms with Gasteiger partial charge in [0.2, 0.25) is 0 Å². The highest BCUT2D eigenvalue weighted by Crippen LogP contribution is 2.35. The molecule has 160 valence electrons. The number of hydrogen-bond donors (Lipinski definition) is 1. The van der Waals surface area contributed by atoms with E-state index in [1.165, 1.54) is 6.21 Å². The van der Waals surface area contributed by atoms with Gasteiger partial charge in [-0.3, -0.25) is 15.5 Å². The number of nitrogens with zero attached hydrogens (tertiary/aromatic N) is 2. The average Bonchev–Trinajstić information content (AvgIpc) is 2.73. The van der Waals surface area contributed by atoms with Crippen molar-refractivity contribution in [2.24, 2.45) is 5.10 Å². The van der Waals surface area contributed by atoms with Crippen LogP contribution < -0.4 is 10.2 Å². The lowest BCUT2D eigenvalue weighted by atomic mass is 10.1. The summed E-state index contributed by atoms with van der Waals surface area (Å²) in [4.78, 5) is 10.3. The van der Waals surface area contributed by atoms with Crippen molar-refractivity contribution in [2.45, 2.75) is 19.7 Å². The van der Waals surface area contributed by atoms with Gasteiger partial charge in [0, 0.05) is 11.6 Å². The molecule has 0 bridgehead atoms. The molecule has 0 aliphatic carbocycles. The van der Waals surface area contributed by atoms with Gasteiger partial charge in [0.15, 0.2) is 0 Å². The summed E-state index contributed by atoms with van der Waals surface area (Å²) in [7, 11) is 0. The summed E-state index contributed by atoms with van der Waals surface area (Å²) in [6, 6.07) is 17.1. The Kier molecular flexibility index (Phi) is 6.54. The highest BCUT2D eigenvalue weighted by molar-refractivity contribution is 5.84. The number of ether oxygens (including phenoxy) is 1. The molecule has 0 heterocycles. The molecule has 31 heavy (non-hydrogen) atoms. The molecule has 0 amide bonds. The molecule has 0 saturated heterocycles. The number of benzene rings is 3. The lowest BCUT2D eigenvalue weighted by Crippen LogP contribution is -2.06. The van der Waals surface area contributed by atoms with Gasteiger partial charge in [-0.1, -0.05) is 42.0 Å². The van der Waals surface area contributed by atoms with E-state index in [9.17, 15) is 23.3 Å². The molecule has 0 saturated carbocycles. The van der Waals surface area contributed by atoms with Crippen LogP contribution in [0.2, 0.25) is 0 Å². The van der Waals surface area contributed by atoms with Gasteiger partial charge in [-0.15, -0.1) is 0 Å². The molecule has 1 N–H and O–H groups in total. The molecule has 0 aliphatic rings. The van der Waals surface area contributed by atoms with Gasteiger partial charge < -0.3 is 4.74 Å². The van der Waals surface area contributed by atoms with Crippen LogP contribution in [-0.4, -0.2) is 11.1 Å². The number of para-hydroxylation sites is 1. The van der Waals surface area contributed by atoms with E-state index in [0.717, 1.165) is 23.3 Å². The third kappa shape index (κ3) is 5.81. The summed E-state index contributed by atoms with van der Waals surface area (Å²) in [6.45, 7) is 2.33. The first-order valence-electron chi connectivity index (χ1n) is 9.16. The minimum Gasteiger partial charge on any atom is -0.488 e. The first-order valence-corrected chi connectivity index (χ1v) is 9.16. The summed E-state index contributed by atoms with van der Waals surface area (Å²) in [5, 5.41) is 15.1. The minimum atomic E-state index is -4.68. The van der Waals surface area contributed by atoms with E-state index >= 15 is 0 Å². The zero-order chi connectivity index (χ0) is 22.4. The normalized spacial score (nSPS) is 11.5. The predicted molar refractivity (Wildman–Crippen MR) is 111 cm³/mol. The second-order valence-electron chi connectivity index (χ2n) is 6.67. The zero-order valence-corrected chi connectivity index (χ0v) is 16.4. The Bertz CT molecular complexity index is 1100. The number of hydrogen-bond acceptors (Lipinski definition) is 5. The van der Waals surface area contributed by atoms with Crippen LogP contribution in [0.25, 0.3) is 0 Å². The first kappa shape index (κ1) is 21.8. The Morgan fingerprint density at radius 3 is 2.48 bits per heavy atom. The number of nitrogens with one attached hydrogen (secondary N) is 1. The van der Waals surface area contributed by atoms with E-state index in [0.29, 0.717) is 24.0 Å². The fourth-order valence-electron chi connectivity index (χ4n) is 2.69. The summed E-state index contributed by atoms with van der Waals surface area (Å²) >= 11 is 0. The Morgan fingerprint density at radius 2 is 1.81 bits per heavy atom. The van der Waals surface area contributed by atoms with E-state index in [-0.39, 0.29) is 5.69 Å². The molecule has 6 nitrogen and oxygen atoms in total. The fourth-order valence-corrected chi connectivity index (χ4v) is 2.69. The number of anilines is 1. The van der Waals surface area contributed by atoms with E-state index in [1.54, 1.807) is 24.3 Å². The van der Waals surface area contributed by atoms with Crippen LogP contribution in [0.3, 0.4) is 0 Å². The number of nitro groups is 1. The van der Waals surface area contributed by atoms with Crippen molar-refractivity contribution in [3.63, 3.8) is 0 Å². The lowest BCUT2D eigenvalue weighted by molar-refractivity contribution is -0.384. The van der Waals surface area contributed by atoms with Crippen molar-refractivity contribution < 1.29 is 22.8 Å². The first-order chi connectivity index (χ1) is 14.7. The van der Waals surface area contributed by atoms with E-state index in [2.05, 4.69) is 10.5 Å². The lowest BCUT2D eigenvalue weighted by Gasteiger charge is -2.10. The van der Waals surface area contributed by atoms with Crippen molar-refractivity contribution in [3.05, 3.63) is 99.1 Å². The molecule has 3 rings (SSSR count). The average molecular weight is 429 g/mol. The largest absolute Gasteiger partial charge is 0.488 e. The molecule has 0 fully saturated rings. The molecule has 3 aromatic carbocycles. The number of rotatable bonds is 7. The van der Waals surface area contributed by atoms with Gasteiger partial charge in [-0.2, -0.15) is 18.3 Å². The number of aryl methyl sites for hydroxylation is 1. The van der Waals surface area contributed by atoms with E-state index in [4.69, 9.17) is 4.74 Å². The second-order valence-corrected chi connectivity index (χ2v) is 6.67. The maximum atomic E-state index is 12.8. The molecule has 0 atom stereocenters. The zero-order valence-electron chi connectivity index (χ0n) is 16.4. The highest BCUT2D eigenvalue weighted by atomic mass is 19.4. The number of nitro benzene ring substituents is 1. The van der Waals surface area contributed by atoms with E-state index < -0.39 is 22.4 Å². The van der Waals surface area contributed by atoms with Gasteiger partial charge in [-0.05, 0) is 36.8 Å². The van der Waals surface area contributed by atoms with Crippen LogP contribution in [0.5, 0.6) is 5.75 Å². The van der Waals surface area contributed by atoms with Gasteiger partial charge in [-0.25, -0.2) is 0 Å². The number of alkyl halides is 3. The number of halogens is 3. The SMILES string of the molecule is Cc1ccc(COc2ccccc2/C=N\Nc2ccc(C(F)(F)F)cc2[N+](=O)[O-])cc1. The van der Waals surface area contributed by atoms with Gasteiger partial charge in [0.25, 0.3) is 5.69 Å². The molecule has 0 unspecified atom stereocenters. The molecule has 3 aromatic rings. The smallest absolute Gasteiger partial charge is 0.416 e. The summed E-state index contributed by atoms with van der Waals surface area (Å²) in [5.74, 6) is 0.538. The van der Waals surface area contributed by atoms with Crippen molar-refractivity contribution in [2.75, 3.05) is 5.43 Å². The third-order valence-electron chi connectivity index (χ3n) is 4.34. The maximum absolute atomic E-state index is 12.8. The fraction of sp³-hybridized carbons (Fsp3) is 0.136. The summed E-state index contributed by atoms with van der Waals surface area (Å²) < 4.78 is 44.3. The molecule has 0 spiro atoms. The van der Waals surface area contributed by atoms with Crippen LogP contribution in [0, 0.1) is 17.0 Å². The van der Waals surface area contributed by atoms with Crippen molar-refractivity contribution in [1.29, 1.82) is 0 Å². The molecule has 0 aliphatic heterocycles. The second kappa shape index (κ2) is 9.29. The van der Waals surface area contributed by atoms with Gasteiger partial charge >= 0.3 is 6.18 Å². The third-order valence-corrected chi connectivity index (χ3v) is 4.34. The highest BCUT2D eigenvalue weighted by Gasteiger charge is 2.33. The van der Waals surface area contributed by atoms with Crippen LogP contribution in [0.4, 0.5) is 24.5 Å². The summed E-state index contributed by atoms with van der Waals surface area (Å²) in [6.07, 6.45) is -3.30. The molecule has 0 aromatic heterocycles. The van der Waals surface area contributed by atoms with Crippen LogP contribution in [0.15, 0.2) is 71.8 Å². The number of hydrazone groups is 1. The van der Waals surface area contributed by atoms with Gasteiger partial charge in [0.05, 0.1) is 16.7 Å².